The van der Waals surface area contributed by atoms with Crippen LogP contribution < -0.4 is 9.47 Å². The van der Waals surface area contributed by atoms with Gasteiger partial charge < -0.3 is 14.2 Å². The van der Waals surface area contributed by atoms with Gasteiger partial charge in [-0.05, 0) is 55.2 Å². The number of ether oxygens (including phenoxy) is 3. The van der Waals surface area contributed by atoms with Crippen LogP contribution in [0.15, 0.2) is 60.7 Å². The van der Waals surface area contributed by atoms with E-state index in [2.05, 4.69) is 6.58 Å². The zero-order valence-corrected chi connectivity index (χ0v) is 14.8. The van der Waals surface area contributed by atoms with Crippen LogP contribution in [-0.2, 0) is 9.53 Å². The molecule has 0 radical (unpaired) electrons. The van der Waals surface area contributed by atoms with Gasteiger partial charge in [0, 0.05) is 5.57 Å². The van der Waals surface area contributed by atoms with Gasteiger partial charge in [-0.1, -0.05) is 30.8 Å². The molecule has 0 N–H and O–H groups in total. The molecule has 2 aromatic rings. The van der Waals surface area contributed by atoms with Crippen LogP contribution in [-0.4, -0.2) is 26.3 Å². The fourth-order valence-corrected chi connectivity index (χ4v) is 2.21. The molecule has 0 aliphatic carbocycles. The summed E-state index contributed by atoms with van der Waals surface area (Å²) in [6.07, 6.45) is 1.59. The van der Waals surface area contributed by atoms with Gasteiger partial charge in [0.2, 0.25) is 0 Å². The van der Waals surface area contributed by atoms with Crippen molar-refractivity contribution in [2.24, 2.45) is 0 Å². The Hall–Kier alpha value is -2.75. The van der Waals surface area contributed by atoms with Gasteiger partial charge in [0.05, 0.1) is 20.3 Å². The van der Waals surface area contributed by atoms with Crippen LogP contribution in [0.2, 0.25) is 0 Å². The fraction of sp³-hybridized carbons (Fsp3) is 0.286. The van der Waals surface area contributed by atoms with Gasteiger partial charge in [-0.15, -0.1) is 0 Å². The summed E-state index contributed by atoms with van der Waals surface area (Å²) in [7, 11) is 1.66. The summed E-state index contributed by atoms with van der Waals surface area (Å²) in [5.41, 5.74) is 2.68. The third-order valence-corrected chi connectivity index (χ3v) is 3.67. The molecule has 2 rings (SSSR count). The van der Waals surface area contributed by atoms with E-state index in [0.29, 0.717) is 18.8 Å². The SMILES string of the molecule is C=C(C)C(=O)OCCCCOc1ccc(-c2ccc(OC)cc2)cc1. The van der Waals surface area contributed by atoms with Crippen molar-refractivity contribution >= 4 is 5.97 Å². The van der Waals surface area contributed by atoms with Crippen molar-refractivity contribution in [3.8, 4) is 22.6 Å². The summed E-state index contributed by atoms with van der Waals surface area (Å²) < 4.78 is 15.9. The molecule has 0 aliphatic heterocycles. The molecule has 2 aromatic carbocycles. The molecule has 0 amide bonds. The minimum atomic E-state index is -0.338. The number of carbonyl (C=O) groups is 1. The van der Waals surface area contributed by atoms with E-state index in [1.807, 2.05) is 48.5 Å². The monoisotopic (exact) mass is 340 g/mol. The van der Waals surface area contributed by atoms with Crippen molar-refractivity contribution in [1.29, 1.82) is 0 Å². The molecule has 4 heteroatoms. The molecular weight excluding hydrogens is 316 g/mol. The van der Waals surface area contributed by atoms with E-state index < -0.39 is 0 Å². The predicted molar refractivity (Wildman–Crippen MR) is 98.9 cm³/mol. The van der Waals surface area contributed by atoms with Crippen LogP contribution in [0.4, 0.5) is 0 Å². The number of hydrogen-bond acceptors (Lipinski definition) is 4. The Morgan fingerprint density at radius 2 is 1.40 bits per heavy atom. The smallest absolute Gasteiger partial charge is 0.333 e. The lowest BCUT2D eigenvalue weighted by Crippen LogP contribution is -2.07. The summed E-state index contributed by atoms with van der Waals surface area (Å²) >= 11 is 0. The topological polar surface area (TPSA) is 44.8 Å². The van der Waals surface area contributed by atoms with E-state index in [0.717, 1.165) is 35.5 Å². The van der Waals surface area contributed by atoms with Crippen LogP contribution in [0, 0.1) is 0 Å². The fourth-order valence-electron chi connectivity index (χ4n) is 2.21. The van der Waals surface area contributed by atoms with Crippen LogP contribution in [0.3, 0.4) is 0 Å². The number of rotatable bonds is 9. The summed E-state index contributed by atoms with van der Waals surface area (Å²) in [6, 6.07) is 15.9. The highest BCUT2D eigenvalue weighted by Crippen LogP contribution is 2.24. The maximum atomic E-state index is 11.2. The van der Waals surface area contributed by atoms with Crippen molar-refractivity contribution in [3.05, 3.63) is 60.7 Å². The zero-order chi connectivity index (χ0) is 18.1. The number of benzene rings is 2. The molecule has 25 heavy (non-hydrogen) atoms. The number of methoxy groups -OCH3 is 1. The van der Waals surface area contributed by atoms with Gasteiger partial charge in [0.25, 0.3) is 0 Å². The van der Waals surface area contributed by atoms with E-state index >= 15 is 0 Å². The second kappa shape index (κ2) is 9.52. The lowest BCUT2D eigenvalue weighted by atomic mass is 10.1. The first kappa shape index (κ1) is 18.6. The number of hydrogen-bond donors (Lipinski definition) is 0. The van der Waals surface area contributed by atoms with Crippen LogP contribution >= 0.6 is 0 Å². The molecule has 132 valence electrons. The standard InChI is InChI=1S/C21H24O4/c1-16(2)21(22)25-15-5-4-14-24-20-12-8-18(9-13-20)17-6-10-19(23-3)11-7-17/h6-13H,1,4-5,14-15H2,2-3H3. The average Bonchev–Trinajstić information content (AvgIpc) is 2.65. The molecule has 0 fully saturated rings. The predicted octanol–water partition coefficient (Wildman–Crippen LogP) is 4.64. The average molecular weight is 340 g/mol. The van der Waals surface area contributed by atoms with Gasteiger partial charge in [0.15, 0.2) is 0 Å². The maximum absolute atomic E-state index is 11.2. The van der Waals surface area contributed by atoms with E-state index in [1.165, 1.54) is 0 Å². The molecule has 0 saturated carbocycles. The molecule has 0 spiro atoms. The Labute approximate surface area is 149 Å². The van der Waals surface area contributed by atoms with Gasteiger partial charge in [-0.25, -0.2) is 4.79 Å². The Bertz CT molecular complexity index is 687. The number of carbonyl (C=O) groups excluding carboxylic acids is 1. The maximum Gasteiger partial charge on any atom is 0.333 e. The highest BCUT2D eigenvalue weighted by molar-refractivity contribution is 5.86. The Kier molecular flexibility index (Phi) is 7.08. The lowest BCUT2D eigenvalue weighted by molar-refractivity contribution is -0.139. The van der Waals surface area contributed by atoms with Gasteiger partial charge in [0.1, 0.15) is 11.5 Å². The molecule has 0 aliphatic rings. The zero-order valence-electron chi connectivity index (χ0n) is 14.8. The Morgan fingerprint density at radius 3 is 1.92 bits per heavy atom. The largest absolute Gasteiger partial charge is 0.497 e. The quantitative estimate of drug-likeness (QED) is 0.379. The highest BCUT2D eigenvalue weighted by Gasteiger charge is 2.02. The van der Waals surface area contributed by atoms with E-state index in [1.54, 1.807) is 14.0 Å². The van der Waals surface area contributed by atoms with Crippen molar-refractivity contribution < 1.29 is 19.0 Å². The minimum absolute atomic E-state index is 0.338. The molecule has 0 saturated heterocycles. The summed E-state index contributed by atoms with van der Waals surface area (Å²) in [4.78, 5) is 11.2. The van der Waals surface area contributed by atoms with Crippen LogP contribution in [0.25, 0.3) is 11.1 Å². The van der Waals surface area contributed by atoms with Crippen LogP contribution in [0.1, 0.15) is 19.8 Å². The lowest BCUT2D eigenvalue weighted by Gasteiger charge is -2.08. The first-order valence-electron chi connectivity index (χ1n) is 8.30. The first-order valence-corrected chi connectivity index (χ1v) is 8.30. The summed E-state index contributed by atoms with van der Waals surface area (Å²) in [5, 5.41) is 0. The van der Waals surface area contributed by atoms with Crippen LogP contribution in [0.5, 0.6) is 11.5 Å². The summed E-state index contributed by atoms with van der Waals surface area (Å²) in [5.74, 6) is 1.34. The van der Waals surface area contributed by atoms with Crippen molar-refractivity contribution in [2.45, 2.75) is 19.8 Å². The molecule has 0 bridgehead atoms. The normalized spacial score (nSPS) is 10.2. The van der Waals surface area contributed by atoms with E-state index in [-0.39, 0.29) is 5.97 Å². The molecule has 0 atom stereocenters. The molecule has 4 nitrogen and oxygen atoms in total. The summed E-state index contributed by atoms with van der Waals surface area (Å²) in [6.45, 7) is 6.17. The van der Waals surface area contributed by atoms with E-state index in [9.17, 15) is 4.79 Å². The third-order valence-electron chi connectivity index (χ3n) is 3.67. The third kappa shape index (κ3) is 5.99. The Balaban J connectivity index is 1.73. The number of esters is 1. The first-order chi connectivity index (χ1) is 12.1. The van der Waals surface area contributed by atoms with Gasteiger partial charge in [-0.2, -0.15) is 0 Å². The molecule has 0 unspecified atom stereocenters. The van der Waals surface area contributed by atoms with Crippen molar-refractivity contribution in [1.82, 2.24) is 0 Å². The molecule has 0 aromatic heterocycles. The molecule has 0 heterocycles. The van der Waals surface area contributed by atoms with Gasteiger partial charge >= 0.3 is 5.97 Å². The highest BCUT2D eigenvalue weighted by atomic mass is 16.5. The molecular formula is C21H24O4. The Morgan fingerprint density at radius 1 is 0.880 bits per heavy atom. The van der Waals surface area contributed by atoms with Crippen molar-refractivity contribution in [3.63, 3.8) is 0 Å². The second-order valence-corrected chi connectivity index (χ2v) is 5.72. The second-order valence-electron chi connectivity index (χ2n) is 5.72. The van der Waals surface area contributed by atoms with Gasteiger partial charge in [-0.3, -0.25) is 0 Å². The minimum Gasteiger partial charge on any atom is -0.497 e. The van der Waals surface area contributed by atoms with E-state index in [4.69, 9.17) is 14.2 Å². The van der Waals surface area contributed by atoms with Crippen molar-refractivity contribution in [2.75, 3.05) is 20.3 Å². The number of unbranched alkanes of at least 4 members (excludes halogenated alkanes) is 1.